The van der Waals surface area contributed by atoms with E-state index in [9.17, 15) is 9.18 Å². The van der Waals surface area contributed by atoms with Crippen LogP contribution in [-0.2, 0) is 0 Å². The van der Waals surface area contributed by atoms with E-state index in [2.05, 4.69) is 27.9 Å². The highest BCUT2D eigenvalue weighted by Gasteiger charge is 2.11. The quantitative estimate of drug-likeness (QED) is 0.817. The van der Waals surface area contributed by atoms with Gasteiger partial charge in [0.2, 0.25) is 0 Å². The number of halogens is 2. The maximum absolute atomic E-state index is 13.1. The predicted octanol–water partition coefficient (Wildman–Crippen LogP) is 3.92. The summed E-state index contributed by atoms with van der Waals surface area (Å²) in [5, 5.41) is 2.86. The first-order valence-electron chi connectivity index (χ1n) is 5.88. The summed E-state index contributed by atoms with van der Waals surface area (Å²) in [6, 6.07) is 13.3. The number of carbonyl (C=O) groups excluding carboxylic acids is 1. The maximum atomic E-state index is 13.1. The molecule has 1 unspecified atom stereocenters. The minimum absolute atomic E-state index is 0.157. The van der Waals surface area contributed by atoms with E-state index >= 15 is 0 Å². The van der Waals surface area contributed by atoms with Crippen LogP contribution in [0.25, 0.3) is 0 Å². The molecule has 0 saturated carbocycles. The lowest BCUT2D eigenvalue weighted by Gasteiger charge is -2.14. The van der Waals surface area contributed by atoms with E-state index in [1.54, 1.807) is 18.2 Å². The molecule has 0 spiro atoms. The molecule has 0 aliphatic carbocycles. The Labute approximate surface area is 125 Å². The first kappa shape index (κ1) is 14.0. The summed E-state index contributed by atoms with van der Waals surface area (Å²) in [4.78, 5) is 12.1. The molecule has 2 nitrogen and oxygen atoms in total. The van der Waals surface area contributed by atoms with Crippen LogP contribution in [0.1, 0.15) is 28.9 Å². The fourth-order valence-corrected chi connectivity index (χ4v) is 2.31. The van der Waals surface area contributed by atoms with Gasteiger partial charge in [-0.3, -0.25) is 4.79 Å². The SMILES string of the molecule is CC(NC(=O)c1cccc(I)c1)c1cccc(F)c1. The number of nitrogens with one attached hydrogen (secondary N) is 1. The van der Waals surface area contributed by atoms with Gasteiger partial charge in [0.05, 0.1) is 6.04 Å². The van der Waals surface area contributed by atoms with Gasteiger partial charge in [0.1, 0.15) is 5.82 Å². The molecule has 0 bridgehead atoms. The van der Waals surface area contributed by atoms with Crippen molar-refractivity contribution in [2.45, 2.75) is 13.0 Å². The van der Waals surface area contributed by atoms with Gasteiger partial charge in [-0.05, 0) is 65.4 Å². The van der Waals surface area contributed by atoms with Gasteiger partial charge in [-0.25, -0.2) is 4.39 Å². The number of amides is 1. The topological polar surface area (TPSA) is 29.1 Å². The first-order chi connectivity index (χ1) is 9.06. The van der Waals surface area contributed by atoms with Crippen molar-refractivity contribution in [1.29, 1.82) is 0 Å². The van der Waals surface area contributed by atoms with Crippen LogP contribution in [0.15, 0.2) is 48.5 Å². The average Bonchev–Trinajstić information content (AvgIpc) is 2.38. The van der Waals surface area contributed by atoms with Crippen LogP contribution in [0.5, 0.6) is 0 Å². The van der Waals surface area contributed by atoms with Crippen molar-refractivity contribution in [3.63, 3.8) is 0 Å². The molecule has 0 aliphatic rings. The molecule has 2 aromatic rings. The van der Waals surface area contributed by atoms with Crippen molar-refractivity contribution in [3.8, 4) is 0 Å². The molecule has 19 heavy (non-hydrogen) atoms. The van der Waals surface area contributed by atoms with Crippen molar-refractivity contribution in [2.75, 3.05) is 0 Å². The van der Waals surface area contributed by atoms with Gasteiger partial charge in [0.15, 0.2) is 0 Å². The molecule has 2 aromatic carbocycles. The molecular formula is C15H13FINO. The largest absolute Gasteiger partial charge is 0.346 e. The molecule has 4 heteroatoms. The second-order valence-corrected chi connectivity index (χ2v) is 5.51. The first-order valence-corrected chi connectivity index (χ1v) is 6.96. The van der Waals surface area contributed by atoms with E-state index < -0.39 is 0 Å². The Balaban J connectivity index is 2.11. The predicted molar refractivity (Wildman–Crippen MR) is 81.4 cm³/mol. The fourth-order valence-electron chi connectivity index (χ4n) is 1.77. The molecule has 1 atom stereocenters. The van der Waals surface area contributed by atoms with Crippen molar-refractivity contribution in [3.05, 3.63) is 69.0 Å². The lowest BCUT2D eigenvalue weighted by Crippen LogP contribution is -2.26. The summed E-state index contributed by atoms with van der Waals surface area (Å²) in [5.41, 5.74) is 1.36. The number of benzene rings is 2. The summed E-state index contributed by atoms with van der Waals surface area (Å²) in [5.74, 6) is -0.455. The zero-order chi connectivity index (χ0) is 13.8. The van der Waals surface area contributed by atoms with Gasteiger partial charge in [-0.15, -0.1) is 0 Å². The molecule has 0 aromatic heterocycles. The van der Waals surface area contributed by atoms with E-state index in [0.717, 1.165) is 9.13 Å². The van der Waals surface area contributed by atoms with E-state index in [0.29, 0.717) is 5.56 Å². The Morgan fingerprint density at radius 3 is 2.63 bits per heavy atom. The summed E-state index contributed by atoms with van der Waals surface area (Å²) in [6.45, 7) is 1.83. The van der Waals surface area contributed by atoms with E-state index in [-0.39, 0.29) is 17.8 Å². The van der Waals surface area contributed by atoms with Crippen LogP contribution in [0.4, 0.5) is 4.39 Å². The molecular weight excluding hydrogens is 356 g/mol. The minimum Gasteiger partial charge on any atom is -0.346 e. The van der Waals surface area contributed by atoms with Crippen LogP contribution in [0.2, 0.25) is 0 Å². The van der Waals surface area contributed by atoms with Crippen LogP contribution in [0.3, 0.4) is 0 Å². The zero-order valence-corrected chi connectivity index (χ0v) is 12.5. The second-order valence-electron chi connectivity index (χ2n) is 4.26. The molecule has 1 amide bonds. The second kappa shape index (κ2) is 6.14. The highest BCUT2D eigenvalue weighted by atomic mass is 127. The van der Waals surface area contributed by atoms with Crippen molar-refractivity contribution >= 4 is 28.5 Å². The fraction of sp³-hybridized carbons (Fsp3) is 0.133. The van der Waals surface area contributed by atoms with Crippen LogP contribution < -0.4 is 5.32 Å². The van der Waals surface area contributed by atoms with Crippen molar-refractivity contribution in [1.82, 2.24) is 5.32 Å². The third-order valence-corrected chi connectivity index (χ3v) is 3.45. The Kier molecular flexibility index (Phi) is 4.52. The van der Waals surface area contributed by atoms with Gasteiger partial charge in [0.25, 0.3) is 5.91 Å². The molecule has 0 aliphatic heterocycles. The van der Waals surface area contributed by atoms with E-state index in [1.165, 1.54) is 12.1 Å². The summed E-state index contributed by atoms with van der Waals surface area (Å²) < 4.78 is 14.1. The normalized spacial score (nSPS) is 11.9. The van der Waals surface area contributed by atoms with Gasteiger partial charge >= 0.3 is 0 Å². The van der Waals surface area contributed by atoms with Gasteiger partial charge in [-0.2, -0.15) is 0 Å². The third-order valence-electron chi connectivity index (χ3n) is 2.78. The highest BCUT2D eigenvalue weighted by Crippen LogP contribution is 2.15. The van der Waals surface area contributed by atoms with Crippen LogP contribution in [0, 0.1) is 9.39 Å². The number of hydrogen-bond acceptors (Lipinski definition) is 1. The number of carbonyl (C=O) groups is 1. The molecule has 1 N–H and O–H groups in total. The molecule has 0 saturated heterocycles. The smallest absolute Gasteiger partial charge is 0.251 e. The minimum atomic E-state index is -0.298. The Morgan fingerprint density at radius 2 is 1.95 bits per heavy atom. The molecule has 0 fully saturated rings. The summed E-state index contributed by atoms with van der Waals surface area (Å²) in [7, 11) is 0. The van der Waals surface area contributed by atoms with Crippen LogP contribution in [-0.4, -0.2) is 5.91 Å². The lowest BCUT2D eigenvalue weighted by atomic mass is 10.1. The average molecular weight is 369 g/mol. The highest BCUT2D eigenvalue weighted by molar-refractivity contribution is 14.1. The molecule has 2 rings (SSSR count). The number of hydrogen-bond donors (Lipinski definition) is 1. The van der Waals surface area contributed by atoms with Crippen molar-refractivity contribution in [2.24, 2.45) is 0 Å². The van der Waals surface area contributed by atoms with Gasteiger partial charge < -0.3 is 5.32 Å². The third kappa shape index (κ3) is 3.76. The van der Waals surface area contributed by atoms with E-state index in [1.807, 2.05) is 25.1 Å². The van der Waals surface area contributed by atoms with Crippen LogP contribution >= 0.6 is 22.6 Å². The summed E-state index contributed by atoms with van der Waals surface area (Å²) in [6.07, 6.45) is 0. The van der Waals surface area contributed by atoms with Crippen molar-refractivity contribution < 1.29 is 9.18 Å². The van der Waals surface area contributed by atoms with Gasteiger partial charge in [0, 0.05) is 9.13 Å². The number of rotatable bonds is 3. The molecule has 0 radical (unpaired) electrons. The Bertz CT molecular complexity index is 600. The maximum Gasteiger partial charge on any atom is 0.251 e. The Morgan fingerprint density at radius 1 is 1.21 bits per heavy atom. The molecule has 0 heterocycles. The lowest BCUT2D eigenvalue weighted by molar-refractivity contribution is 0.0939. The zero-order valence-electron chi connectivity index (χ0n) is 10.4. The standard InChI is InChI=1S/C15H13FINO/c1-10(11-4-2-6-13(16)8-11)18-15(19)12-5-3-7-14(17)9-12/h2-10H,1H3,(H,18,19). The van der Waals surface area contributed by atoms with Gasteiger partial charge in [-0.1, -0.05) is 18.2 Å². The Hall–Kier alpha value is -1.43. The van der Waals surface area contributed by atoms with E-state index in [4.69, 9.17) is 0 Å². The summed E-state index contributed by atoms with van der Waals surface area (Å²) >= 11 is 2.16. The monoisotopic (exact) mass is 369 g/mol. The molecule has 98 valence electrons.